The summed E-state index contributed by atoms with van der Waals surface area (Å²) in [5.41, 5.74) is 1.49. The average molecular weight is 650 g/mol. The van der Waals surface area contributed by atoms with Crippen molar-refractivity contribution in [3.8, 4) is 0 Å². The van der Waals surface area contributed by atoms with Gasteiger partial charge in [-0.1, -0.05) is 35.1 Å². The molecule has 3 aromatic rings. The quantitative estimate of drug-likeness (QED) is 0.345. The van der Waals surface area contributed by atoms with Crippen molar-refractivity contribution in [3.63, 3.8) is 0 Å². The zero-order valence-corrected chi connectivity index (χ0v) is 24.3. The first-order chi connectivity index (χ1) is 15.9. The highest BCUT2D eigenvalue weighted by Gasteiger charge is 2.19. The van der Waals surface area contributed by atoms with Crippen LogP contribution in [-0.4, -0.2) is 70.2 Å². The minimum Gasteiger partial charge on any atom is -0.395 e. The van der Waals surface area contributed by atoms with Crippen LogP contribution in [0.25, 0.3) is 0 Å². The Labute approximate surface area is 234 Å². The second-order valence-corrected chi connectivity index (χ2v) is 9.19. The molecule has 1 aliphatic heterocycles. The number of β-amino-alcohol motifs (C(OH)–C–C–N with tert-alkyl or cyclic N) is 1. The van der Waals surface area contributed by atoms with Gasteiger partial charge in [0.05, 0.1) is 23.5 Å². The van der Waals surface area contributed by atoms with E-state index in [1.807, 2.05) is 32.0 Å². The maximum Gasteiger partial charge on any atom is 0.267 e. The smallest absolute Gasteiger partial charge is 0.267 e. The Morgan fingerprint density at radius 1 is 1.17 bits per heavy atom. The molecule has 1 saturated heterocycles. The molecule has 3 heterocycles. The molecule has 1 aromatic carbocycles. The summed E-state index contributed by atoms with van der Waals surface area (Å²) in [6.45, 7) is 8.03. The molecule has 0 spiro atoms. The predicted molar refractivity (Wildman–Crippen MR) is 153 cm³/mol. The first-order valence-electron chi connectivity index (χ1n) is 10.7. The molecule has 4 rings (SSSR count). The molecule has 1 aliphatic rings. The van der Waals surface area contributed by atoms with Crippen LogP contribution in [0.15, 0.2) is 30.5 Å². The van der Waals surface area contributed by atoms with Gasteiger partial charge in [-0.25, -0.2) is 15.0 Å². The van der Waals surface area contributed by atoms with Crippen LogP contribution in [0.3, 0.4) is 0 Å². The van der Waals surface area contributed by atoms with E-state index in [-0.39, 0.29) is 46.5 Å². The zero-order chi connectivity index (χ0) is 23.4. The van der Waals surface area contributed by atoms with E-state index in [4.69, 9.17) is 16.7 Å². The lowest BCUT2D eigenvalue weighted by Crippen LogP contribution is -2.47. The number of halogens is 3. The Morgan fingerprint density at radius 3 is 2.60 bits per heavy atom. The van der Waals surface area contributed by atoms with Crippen molar-refractivity contribution in [2.75, 3.05) is 54.9 Å². The first kappa shape index (κ1) is 29.4. The number of aliphatic hydroxyl groups is 1. The van der Waals surface area contributed by atoms with Crippen LogP contribution in [0, 0.1) is 13.8 Å². The molecule has 0 aliphatic carbocycles. The molecule has 0 radical (unpaired) electrons. The Morgan fingerprint density at radius 2 is 1.91 bits per heavy atom. The summed E-state index contributed by atoms with van der Waals surface area (Å²) >= 11 is 7.46. The van der Waals surface area contributed by atoms with Crippen LogP contribution in [-0.2, 0) is 0 Å². The largest absolute Gasteiger partial charge is 0.395 e. The second kappa shape index (κ2) is 13.5. The molecule has 3 N–H and O–H groups in total. The fourth-order valence-corrected chi connectivity index (χ4v) is 4.62. The van der Waals surface area contributed by atoms with Gasteiger partial charge in [-0.15, -0.1) is 34.0 Å². The highest BCUT2D eigenvalue weighted by atomic mass is 79.9. The number of hydrogen-bond donors (Lipinski definition) is 3. The summed E-state index contributed by atoms with van der Waals surface area (Å²) in [5, 5.41) is 16.2. The number of nitrogens with zero attached hydrogens (tertiary/aromatic N) is 5. The van der Waals surface area contributed by atoms with E-state index in [9.17, 15) is 4.79 Å². The van der Waals surface area contributed by atoms with E-state index < -0.39 is 0 Å². The van der Waals surface area contributed by atoms with E-state index in [1.54, 1.807) is 6.07 Å². The van der Waals surface area contributed by atoms with Gasteiger partial charge in [-0.3, -0.25) is 9.69 Å². The number of anilines is 4. The third-order valence-electron chi connectivity index (χ3n) is 5.36. The third kappa shape index (κ3) is 7.58. The third-order valence-corrected chi connectivity index (χ3v) is 6.59. The van der Waals surface area contributed by atoms with E-state index in [2.05, 4.69) is 35.4 Å². The maximum absolute atomic E-state index is 12.7. The number of carbonyl (C=O) groups is 1. The number of carbonyl (C=O) groups excluding carboxylic acids is 1. The van der Waals surface area contributed by atoms with E-state index in [0.717, 1.165) is 37.6 Å². The molecule has 1 fully saturated rings. The van der Waals surface area contributed by atoms with Crippen LogP contribution >= 0.6 is 56.9 Å². The van der Waals surface area contributed by atoms with Gasteiger partial charge in [0.2, 0.25) is 0 Å². The van der Waals surface area contributed by atoms with Crippen molar-refractivity contribution < 1.29 is 9.90 Å². The lowest BCUT2D eigenvalue weighted by atomic mass is 10.2. The van der Waals surface area contributed by atoms with Crippen molar-refractivity contribution in [2.45, 2.75) is 13.8 Å². The summed E-state index contributed by atoms with van der Waals surface area (Å²) in [7, 11) is 0. The van der Waals surface area contributed by atoms with Crippen LogP contribution in [0.1, 0.15) is 21.1 Å². The Hall–Kier alpha value is -1.83. The molecule has 35 heavy (non-hydrogen) atoms. The van der Waals surface area contributed by atoms with Crippen molar-refractivity contribution in [1.82, 2.24) is 19.9 Å². The van der Waals surface area contributed by atoms with Crippen LogP contribution in [0.2, 0.25) is 5.02 Å². The molecule has 0 atom stereocenters. The zero-order valence-electron chi connectivity index (χ0n) is 19.3. The molecular formula is C22H28Br2ClN7O2S. The number of nitrogens with one attached hydrogen (secondary N) is 2. The van der Waals surface area contributed by atoms with Gasteiger partial charge in [0.1, 0.15) is 22.3 Å². The predicted octanol–water partition coefficient (Wildman–Crippen LogP) is 4.47. The van der Waals surface area contributed by atoms with Crippen LogP contribution < -0.4 is 15.5 Å². The molecule has 2 aromatic heterocycles. The van der Waals surface area contributed by atoms with Gasteiger partial charge in [-0.2, -0.15) is 0 Å². The fraction of sp³-hybridized carbons (Fsp3) is 0.364. The van der Waals surface area contributed by atoms with Gasteiger partial charge in [0, 0.05) is 38.8 Å². The Kier molecular flexibility index (Phi) is 11.3. The molecule has 9 nitrogen and oxygen atoms in total. The molecule has 0 unspecified atom stereocenters. The van der Waals surface area contributed by atoms with E-state index in [0.29, 0.717) is 38.9 Å². The SMILES string of the molecule is Br.Br.Cc1nc(Nc2ncc(C(=O)Nc3c(C)cccc3Cl)s2)cc(N2CCN(CCO)CC2)n1. The van der Waals surface area contributed by atoms with Gasteiger partial charge in [-0.05, 0) is 25.5 Å². The second-order valence-electron chi connectivity index (χ2n) is 7.75. The van der Waals surface area contributed by atoms with Crippen molar-refractivity contribution >= 4 is 85.3 Å². The topological polar surface area (TPSA) is 107 Å². The fourth-order valence-electron chi connectivity index (χ4n) is 3.63. The van der Waals surface area contributed by atoms with Crippen molar-refractivity contribution in [2.24, 2.45) is 0 Å². The average Bonchev–Trinajstić information content (AvgIpc) is 3.25. The van der Waals surface area contributed by atoms with Crippen LogP contribution in [0.4, 0.5) is 22.5 Å². The minimum atomic E-state index is -0.267. The summed E-state index contributed by atoms with van der Waals surface area (Å²) < 4.78 is 0. The summed E-state index contributed by atoms with van der Waals surface area (Å²) in [6.07, 6.45) is 1.53. The lowest BCUT2D eigenvalue weighted by molar-refractivity contribution is 0.103. The number of aromatic nitrogens is 3. The number of amides is 1. The standard InChI is InChI=1S/C22H26ClN7O2S.2BrH/c1-14-4-3-5-16(23)20(14)28-21(32)17-13-24-22(33-17)27-18-12-19(26-15(2)25-18)30-8-6-29(7-9-30)10-11-31;;/h3-5,12-13,31H,6-11H2,1-2H3,(H,28,32)(H,24,25,26,27);2*1H. The molecule has 13 heteroatoms. The van der Waals surface area contributed by atoms with Gasteiger partial charge in [0.15, 0.2) is 5.13 Å². The number of aliphatic hydroxyl groups excluding tert-OH is 1. The van der Waals surface area contributed by atoms with Gasteiger partial charge >= 0.3 is 0 Å². The number of hydrogen-bond acceptors (Lipinski definition) is 9. The lowest BCUT2D eigenvalue weighted by Gasteiger charge is -2.35. The van der Waals surface area contributed by atoms with E-state index >= 15 is 0 Å². The first-order valence-corrected chi connectivity index (χ1v) is 11.9. The number of piperazine rings is 1. The highest BCUT2D eigenvalue weighted by Crippen LogP contribution is 2.28. The van der Waals surface area contributed by atoms with E-state index in [1.165, 1.54) is 17.5 Å². The molecular weight excluding hydrogens is 622 g/mol. The maximum atomic E-state index is 12.7. The van der Waals surface area contributed by atoms with Crippen molar-refractivity contribution in [3.05, 3.63) is 51.7 Å². The van der Waals surface area contributed by atoms with Crippen LogP contribution in [0.5, 0.6) is 0 Å². The number of aryl methyl sites for hydroxylation is 2. The number of rotatable bonds is 7. The monoisotopic (exact) mass is 647 g/mol. The molecule has 1 amide bonds. The number of benzene rings is 1. The van der Waals surface area contributed by atoms with Gasteiger partial charge in [0.25, 0.3) is 5.91 Å². The van der Waals surface area contributed by atoms with Gasteiger partial charge < -0.3 is 20.6 Å². The summed E-state index contributed by atoms with van der Waals surface area (Å²) in [6, 6.07) is 7.37. The molecule has 0 bridgehead atoms. The minimum absolute atomic E-state index is 0. The number of para-hydroxylation sites is 1. The number of thiazole rings is 1. The highest BCUT2D eigenvalue weighted by molar-refractivity contribution is 8.93. The molecule has 190 valence electrons. The summed E-state index contributed by atoms with van der Waals surface area (Å²) in [5.74, 6) is 1.85. The normalized spacial score (nSPS) is 13.5. The summed E-state index contributed by atoms with van der Waals surface area (Å²) in [4.78, 5) is 31.0. The molecule has 0 saturated carbocycles. The Bertz CT molecular complexity index is 1120. The Balaban J connectivity index is 0.00000216. The van der Waals surface area contributed by atoms with Crippen molar-refractivity contribution in [1.29, 1.82) is 0 Å².